The molecular formula is C11H17NO3. The van der Waals surface area contributed by atoms with Gasteiger partial charge >= 0.3 is 5.97 Å². The van der Waals surface area contributed by atoms with E-state index in [0.717, 1.165) is 25.7 Å². The molecule has 1 saturated carbocycles. The summed E-state index contributed by atoms with van der Waals surface area (Å²) in [6.45, 7) is 0.206. The van der Waals surface area contributed by atoms with Gasteiger partial charge in [0.2, 0.25) is 5.91 Å². The predicted octanol–water partition coefficient (Wildman–Crippen LogP) is 1.47. The van der Waals surface area contributed by atoms with Crippen molar-refractivity contribution in [3.8, 4) is 0 Å². The number of rotatable bonds is 4. The minimum Gasteiger partial charge on any atom is -0.481 e. The summed E-state index contributed by atoms with van der Waals surface area (Å²) in [5.41, 5.74) is 1.19. The molecular weight excluding hydrogens is 194 g/mol. The molecule has 15 heavy (non-hydrogen) atoms. The summed E-state index contributed by atoms with van der Waals surface area (Å²) in [6.07, 6.45) is 7.19. The third-order valence-electron chi connectivity index (χ3n) is 2.47. The van der Waals surface area contributed by atoms with Crippen LogP contribution < -0.4 is 5.32 Å². The quantitative estimate of drug-likeness (QED) is 0.692. The molecule has 1 amide bonds. The second-order valence-electron chi connectivity index (χ2n) is 3.80. The molecule has 4 heteroatoms. The molecule has 0 radical (unpaired) electrons. The number of carbonyl (C=O) groups is 2. The first-order chi connectivity index (χ1) is 7.18. The molecule has 0 bridgehead atoms. The van der Waals surface area contributed by atoms with E-state index >= 15 is 0 Å². The number of amides is 1. The second kappa shape index (κ2) is 6.22. The highest BCUT2D eigenvalue weighted by atomic mass is 16.4. The second-order valence-corrected chi connectivity index (χ2v) is 3.80. The molecule has 2 N–H and O–H groups in total. The number of nitrogens with one attached hydrogen (secondary N) is 1. The van der Waals surface area contributed by atoms with Crippen LogP contribution in [0.15, 0.2) is 11.6 Å². The Hall–Kier alpha value is -1.32. The van der Waals surface area contributed by atoms with E-state index in [0.29, 0.717) is 0 Å². The van der Waals surface area contributed by atoms with Crippen LogP contribution >= 0.6 is 0 Å². The number of carbonyl (C=O) groups excluding carboxylic acids is 1. The third-order valence-corrected chi connectivity index (χ3v) is 2.47. The summed E-state index contributed by atoms with van der Waals surface area (Å²) in [5.74, 6) is -1.05. The SMILES string of the molecule is O=C(O)CCNC(=O)C=C1CCCCC1. The lowest BCUT2D eigenvalue weighted by Gasteiger charge is -2.12. The first-order valence-corrected chi connectivity index (χ1v) is 5.37. The molecule has 0 aromatic heterocycles. The topological polar surface area (TPSA) is 66.4 Å². The van der Waals surface area contributed by atoms with E-state index in [-0.39, 0.29) is 18.9 Å². The summed E-state index contributed by atoms with van der Waals surface area (Å²) in [6, 6.07) is 0. The van der Waals surface area contributed by atoms with Gasteiger partial charge in [-0.1, -0.05) is 12.0 Å². The van der Waals surface area contributed by atoms with Gasteiger partial charge in [-0.25, -0.2) is 0 Å². The first kappa shape index (κ1) is 11.8. The maximum atomic E-state index is 11.3. The van der Waals surface area contributed by atoms with Crippen LogP contribution in [0.4, 0.5) is 0 Å². The normalized spacial score (nSPS) is 15.9. The Labute approximate surface area is 89.4 Å². The van der Waals surface area contributed by atoms with E-state index in [1.807, 2.05) is 0 Å². The van der Waals surface area contributed by atoms with Crippen molar-refractivity contribution < 1.29 is 14.7 Å². The van der Waals surface area contributed by atoms with Gasteiger partial charge in [0.15, 0.2) is 0 Å². The summed E-state index contributed by atoms with van der Waals surface area (Å²) in [4.78, 5) is 21.5. The standard InChI is InChI=1S/C11H17NO3/c13-10(12-7-6-11(14)15)8-9-4-2-1-3-5-9/h8H,1-7H2,(H,12,13)(H,14,15). The molecule has 0 unspecified atom stereocenters. The van der Waals surface area contributed by atoms with Crippen LogP contribution in [0.5, 0.6) is 0 Å². The van der Waals surface area contributed by atoms with Crippen LogP contribution in [0.25, 0.3) is 0 Å². The van der Waals surface area contributed by atoms with Crippen molar-refractivity contribution in [2.75, 3.05) is 6.54 Å². The van der Waals surface area contributed by atoms with E-state index in [2.05, 4.69) is 5.32 Å². The molecule has 1 rings (SSSR count). The molecule has 4 nitrogen and oxygen atoms in total. The van der Waals surface area contributed by atoms with Gasteiger partial charge in [0.05, 0.1) is 6.42 Å². The van der Waals surface area contributed by atoms with Crippen molar-refractivity contribution in [3.05, 3.63) is 11.6 Å². The summed E-state index contributed by atoms with van der Waals surface area (Å²) < 4.78 is 0. The van der Waals surface area contributed by atoms with Crippen molar-refractivity contribution in [1.82, 2.24) is 5.32 Å². The highest BCUT2D eigenvalue weighted by Crippen LogP contribution is 2.22. The van der Waals surface area contributed by atoms with Gasteiger partial charge in [0.25, 0.3) is 0 Å². The van der Waals surface area contributed by atoms with Crippen LogP contribution in [0.3, 0.4) is 0 Å². The molecule has 0 heterocycles. The Morgan fingerprint density at radius 2 is 1.93 bits per heavy atom. The molecule has 0 spiro atoms. The van der Waals surface area contributed by atoms with Crippen LogP contribution in [0.1, 0.15) is 38.5 Å². The molecule has 0 atom stereocenters. The molecule has 0 aromatic carbocycles. The number of carboxylic acid groups (broad SMARTS) is 1. The lowest BCUT2D eigenvalue weighted by molar-refractivity contribution is -0.136. The third kappa shape index (κ3) is 5.20. The maximum absolute atomic E-state index is 11.3. The predicted molar refractivity (Wildman–Crippen MR) is 56.4 cm³/mol. The van der Waals surface area contributed by atoms with Gasteiger partial charge in [-0.2, -0.15) is 0 Å². The van der Waals surface area contributed by atoms with Crippen molar-refractivity contribution in [3.63, 3.8) is 0 Å². The van der Waals surface area contributed by atoms with Crippen molar-refractivity contribution in [1.29, 1.82) is 0 Å². The van der Waals surface area contributed by atoms with Gasteiger partial charge in [-0.3, -0.25) is 9.59 Å². The van der Waals surface area contributed by atoms with Gasteiger partial charge < -0.3 is 10.4 Å². The van der Waals surface area contributed by atoms with Crippen LogP contribution in [-0.2, 0) is 9.59 Å². The van der Waals surface area contributed by atoms with E-state index < -0.39 is 5.97 Å². The maximum Gasteiger partial charge on any atom is 0.305 e. The molecule has 1 fully saturated rings. The van der Waals surface area contributed by atoms with Gasteiger partial charge in [-0.05, 0) is 25.7 Å². The Morgan fingerprint density at radius 3 is 2.53 bits per heavy atom. The fourth-order valence-corrected chi connectivity index (χ4v) is 1.68. The zero-order valence-corrected chi connectivity index (χ0v) is 8.79. The van der Waals surface area contributed by atoms with Crippen molar-refractivity contribution >= 4 is 11.9 Å². The number of aliphatic carboxylic acids is 1. The zero-order chi connectivity index (χ0) is 11.1. The van der Waals surface area contributed by atoms with E-state index in [9.17, 15) is 9.59 Å². The van der Waals surface area contributed by atoms with Gasteiger partial charge in [0.1, 0.15) is 0 Å². The fraction of sp³-hybridized carbons (Fsp3) is 0.636. The average Bonchev–Trinajstić information content (AvgIpc) is 2.18. The highest BCUT2D eigenvalue weighted by molar-refractivity contribution is 5.88. The molecule has 84 valence electrons. The van der Waals surface area contributed by atoms with Gasteiger partial charge in [0, 0.05) is 12.6 Å². The van der Waals surface area contributed by atoms with Gasteiger partial charge in [-0.15, -0.1) is 0 Å². The van der Waals surface area contributed by atoms with Crippen LogP contribution in [0, 0.1) is 0 Å². The summed E-state index contributed by atoms with van der Waals surface area (Å²) >= 11 is 0. The molecule has 0 saturated heterocycles. The Balaban J connectivity index is 2.24. The number of allylic oxidation sites excluding steroid dienone is 1. The van der Waals surface area contributed by atoms with Crippen molar-refractivity contribution in [2.45, 2.75) is 38.5 Å². The monoisotopic (exact) mass is 211 g/mol. The van der Waals surface area contributed by atoms with Crippen LogP contribution in [-0.4, -0.2) is 23.5 Å². The number of hydrogen-bond donors (Lipinski definition) is 2. The average molecular weight is 211 g/mol. The lowest BCUT2D eigenvalue weighted by atomic mass is 9.95. The largest absolute Gasteiger partial charge is 0.481 e. The molecule has 0 aromatic rings. The molecule has 1 aliphatic carbocycles. The highest BCUT2D eigenvalue weighted by Gasteiger charge is 2.07. The smallest absolute Gasteiger partial charge is 0.305 e. The Kier molecular flexibility index (Phi) is 4.87. The number of carboxylic acids is 1. The summed E-state index contributed by atoms with van der Waals surface area (Å²) in [7, 11) is 0. The summed E-state index contributed by atoms with van der Waals surface area (Å²) in [5, 5.41) is 10.9. The van der Waals surface area contributed by atoms with E-state index in [4.69, 9.17) is 5.11 Å². The van der Waals surface area contributed by atoms with E-state index in [1.54, 1.807) is 6.08 Å². The zero-order valence-electron chi connectivity index (χ0n) is 8.79. The first-order valence-electron chi connectivity index (χ1n) is 5.37. The van der Waals surface area contributed by atoms with E-state index in [1.165, 1.54) is 12.0 Å². The Morgan fingerprint density at radius 1 is 1.27 bits per heavy atom. The lowest BCUT2D eigenvalue weighted by Crippen LogP contribution is -2.24. The fourth-order valence-electron chi connectivity index (χ4n) is 1.68. The minimum atomic E-state index is -0.888. The minimum absolute atomic E-state index is 0.0189. The van der Waals surface area contributed by atoms with Crippen molar-refractivity contribution in [2.24, 2.45) is 0 Å². The van der Waals surface area contributed by atoms with Crippen LogP contribution in [0.2, 0.25) is 0 Å². The molecule has 0 aliphatic heterocycles. The Bertz CT molecular complexity index is 263. The molecule has 1 aliphatic rings. The number of hydrogen-bond acceptors (Lipinski definition) is 2.